The second-order valence-electron chi connectivity index (χ2n) is 6.33. The first-order valence-electron chi connectivity index (χ1n) is 8.50. The minimum absolute atomic E-state index is 0. The molecule has 9 heteroatoms. The molecule has 4 nitrogen and oxygen atoms in total. The number of nitrogens with one attached hydrogen (secondary N) is 2. The summed E-state index contributed by atoms with van der Waals surface area (Å²) in [4.78, 5) is 3.19. The van der Waals surface area contributed by atoms with Gasteiger partial charge in [-0.3, -0.25) is 0 Å². The van der Waals surface area contributed by atoms with Gasteiger partial charge in [0.1, 0.15) is 11.5 Å². The molecule has 0 radical (unpaired) electrons. The Morgan fingerprint density at radius 3 is 2.62 bits per heavy atom. The smallest absolute Gasteiger partial charge is 0.361 e. The van der Waals surface area contributed by atoms with E-state index in [9.17, 15) is 17.6 Å². The fraction of sp³-hybridized carbons (Fsp3) is 0.150. The summed E-state index contributed by atoms with van der Waals surface area (Å²) in [6.45, 7) is 0.925. The predicted octanol–water partition coefficient (Wildman–Crippen LogP) is 5.69. The molecule has 4 aromatic rings. The third kappa shape index (κ3) is 4.44. The fourth-order valence-electron chi connectivity index (χ4n) is 3.03. The summed E-state index contributed by atoms with van der Waals surface area (Å²) in [6, 6.07) is 12.2. The van der Waals surface area contributed by atoms with Gasteiger partial charge in [-0.1, -0.05) is 23.4 Å². The SMILES string of the molecule is Cl.Fc1ccc(-c2cc(CNCc3c[nH]c4ccccc34)on2)cc1C(F)(F)F. The molecule has 4 rings (SSSR count). The van der Waals surface area contributed by atoms with E-state index < -0.39 is 17.6 Å². The van der Waals surface area contributed by atoms with Crippen LogP contribution in [-0.2, 0) is 19.3 Å². The zero-order chi connectivity index (χ0) is 19.7. The summed E-state index contributed by atoms with van der Waals surface area (Å²) in [5, 5.41) is 8.12. The number of benzene rings is 2. The second kappa shape index (κ2) is 8.26. The van der Waals surface area contributed by atoms with Crippen molar-refractivity contribution in [1.82, 2.24) is 15.5 Å². The number of hydrogen-bond donors (Lipinski definition) is 2. The molecule has 0 atom stereocenters. The van der Waals surface area contributed by atoms with Gasteiger partial charge < -0.3 is 14.8 Å². The van der Waals surface area contributed by atoms with Gasteiger partial charge in [0.05, 0.1) is 12.1 Å². The van der Waals surface area contributed by atoms with E-state index in [-0.39, 0.29) is 23.7 Å². The molecular weight excluding hydrogens is 410 g/mol. The first-order valence-corrected chi connectivity index (χ1v) is 8.50. The van der Waals surface area contributed by atoms with Crippen molar-refractivity contribution in [2.75, 3.05) is 0 Å². The van der Waals surface area contributed by atoms with Crippen molar-refractivity contribution in [3.05, 3.63) is 77.4 Å². The Bertz CT molecular complexity index is 1120. The van der Waals surface area contributed by atoms with Crippen LogP contribution in [0.3, 0.4) is 0 Å². The monoisotopic (exact) mass is 425 g/mol. The van der Waals surface area contributed by atoms with Gasteiger partial charge in [0.25, 0.3) is 0 Å². The van der Waals surface area contributed by atoms with Crippen LogP contribution in [-0.4, -0.2) is 10.1 Å². The molecule has 0 fully saturated rings. The van der Waals surface area contributed by atoms with Crippen LogP contribution in [0, 0.1) is 5.82 Å². The van der Waals surface area contributed by atoms with Crippen molar-refractivity contribution < 1.29 is 22.1 Å². The van der Waals surface area contributed by atoms with Gasteiger partial charge >= 0.3 is 6.18 Å². The molecule has 0 aliphatic rings. The van der Waals surface area contributed by atoms with Gasteiger partial charge in [-0.15, -0.1) is 12.4 Å². The van der Waals surface area contributed by atoms with Gasteiger partial charge in [-0.2, -0.15) is 13.2 Å². The van der Waals surface area contributed by atoms with E-state index in [4.69, 9.17) is 4.52 Å². The molecule has 2 aromatic heterocycles. The van der Waals surface area contributed by atoms with Gasteiger partial charge in [0.15, 0.2) is 5.76 Å². The molecule has 0 aliphatic heterocycles. The number of alkyl halides is 3. The molecule has 0 unspecified atom stereocenters. The average Bonchev–Trinajstić information content (AvgIpc) is 3.29. The van der Waals surface area contributed by atoms with Crippen molar-refractivity contribution in [2.24, 2.45) is 0 Å². The Morgan fingerprint density at radius 2 is 1.83 bits per heavy atom. The number of H-pyrrole nitrogens is 1. The highest BCUT2D eigenvalue weighted by Gasteiger charge is 2.34. The predicted molar refractivity (Wildman–Crippen MR) is 103 cm³/mol. The molecule has 0 aliphatic carbocycles. The van der Waals surface area contributed by atoms with Gasteiger partial charge in [-0.25, -0.2) is 4.39 Å². The van der Waals surface area contributed by atoms with Crippen molar-refractivity contribution >= 4 is 23.3 Å². The number of para-hydroxylation sites is 1. The van der Waals surface area contributed by atoms with Crippen molar-refractivity contribution in [2.45, 2.75) is 19.3 Å². The standard InChI is InChI=1S/C20H15F4N3O.ClH/c21-17-6-5-12(7-16(17)20(22,23)24)19-8-14(28-27-19)11-25-9-13-10-26-18-4-2-1-3-15(13)18;/h1-8,10,25-26H,9,11H2;1H. The molecule has 2 aromatic carbocycles. The van der Waals surface area contributed by atoms with E-state index in [1.165, 1.54) is 12.1 Å². The lowest BCUT2D eigenvalue weighted by Crippen LogP contribution is -2.11. The van der Waals surface area contributed by atoms with Crippen LogP contribution >= 0.6 is 12.4 Å². The Hall–Kier alpha value is -2.84. The topological polar surface area (TPSA) is 53.9 Å². The van der Waals surface area contributed by atoms with Crippen LogP contribution < -0.4 is 5.32 Å². The van der Waals surface area contributed by atoms with Crippen LogP contribution in [0.15, 0.2) is 59.3 Å². The number of hydrogen-bond acceptors (Lipinski definition) is 3. The normalized spacial score (nSPS) is 11.6. The number of aromatic nitrogens is 2. The van der Waals surface area contributed by atoms with E-state index in [2.05, 4.69) is 15.5 Å². The molecule has 2 heterocycles. The Kier molecular flexibility index (Phi) is 5.95. The number of halogens is 5. The summed E-state index contributed by atoms with van der Waals surface area (Å²) >= 11 is 0. The maximum absolute atomic E-state index is 13.4. The van der Waals surface area contributed by atoms with Gasteiger partial charge in [0, 0.05) is 35.3 Å². The summed E-state index contributed by atoms with van der Waals surface area (Å²) < 4.78 is 57.2. The van der Waals surface area contributed by atoms with E-state index in [0.717, 1.165) is 28.6 Å². The molecule has 0 bridgehead atoms. The van der Waals surface area contributed by atoms with E-state index in [1.807, 2.05) is 30.5 Å². The molecule has 2 N–H and O–H groups in total. The number of rotatable bonds is 5. The first-order chi connectivity index (χ1) is 13.4. The molecule has 0 spiro atoms. The third-order valence-corrected chi connectivity index (χ3v) is 4.42. The minimum atomic E-state index is -4.77. The second-order valence-corrected chi connectivity index (χ2v) is 6.33. The molecule has 0 saturated carbocycles. The molecular formula is C20H16ClF4N3O. The van der Waals surface area contributed by atoms with Crippen LogP contribution in [0.1, 0.15) is 16.9 Å². The van der Waals surface area contributed by atoms with Crippen LogP contribution in [0.5, 0.6) is 0 Å². The van der Waals surface area contributed by atoms with Crippen molar-refractivity contribution in [1.29, 1.82) is 0 Å². The summed E-state index contributed by atoms with van der Waals surface area (Å²) in [7, 11) is 0. The van der Waals surface area contributed by atoms with Crippen LogP contribution in [0.4, 0.5) is 17.6 Å². The number of nitrogens with zero attached hydrogens (tertiary/aromatic N) is 1. The largest absolute Gasteiger partial charge is 0.419 e. The van der Waals surface area contributed by atoms with E-state index >= 15 is 0 Å². The highest BCUT2D eigenvalue weighted by atomic mass is 35.5. The average molecular weight is 426 g/mol. The van der Waals surface area contributed by atoms with Crippen molar-refractivity contribution in [3.63, 3.8) is 0 Å². The fourth-order valence-corrected chi connectivity index (χ4v) is 3.03. The molecule has 152 valence electrons. The van der Waals surface area contributed by atoms with Crippen LogP contribution in [0.25, 0.3) is 22.2 Å². The Morgan fingerprint density at radius 1 is 1.03 bits per heavy atom. The third-order valence-electron chi connectivity index (χ3n) is 4.42. The highest BCUT2D eigenvalue weighted by molar-refractivity contribution is 5.85. The van der Waals surface area contributed by atoms with Crippen LogP contribution in [0.2, 0.25) is 0 Å². The van der Waals surface area contributed by atoms with E-state index in [0.29, 0.717) is 18.8 Å². The summed E-state index contributed by atoms with van der Waals surface area (Å²) in [5.74, 6) is -0.854. The maximum Gasteiger partial charge on any atom is 0.419 e. The number of aromatic amines is 1. The van der Waals surface area contributed by atoms with Gasteiger partial charge in [-0.05, 0) is 29.8 Å². The lowest BCUT2D eigenvalue weighted by atomic mass is 10.1. The lowest BCUT2D eigenvalue weighted by Gasteiger charge is -2.08. The zero-order valence-corrected chi connectivity index (χ0v) is 15.7. The maximum atomic E-state index is 13.4. The van der Waals surface area contributed by atoms with Gasteiger partial charge in [0.2, 0.25) is 0 Å². The highest BCUT2D eigenvalue weighted by Crippen LogP contribution is 2.34. The molecule has 0 saturated heterocycles. The van der Waals surface area contributed by atoms with Crippen molar-refractivity contribution in [3.8, 4) is 11.3 Å². The zero-order valence-electron chi connectivity index (χ0n) is 14.9. The summed E-state index contributed by atoms with van der Waals surface area (Å²) in [6.07, 6.45) is -2.85. The minimum Gasteiger partial charge on any atom is -0.361 e. The molecule has 0 amide bonds. The lowest BCUT2D eigenvalue weighted by molar-refractivity contribution is -0.139. The summed E-state index contributed by atoms with van der Waals surface area (Å²) in [5.41, 5.74) is 1.16. The first kappa shape index (κ1) is 20.9. The Balaban J connectivity index is 0.00000240. The quantitative estimate of drug-likeness (QED) is 0.404. The number of fused-ring (bicyclic) bond motifs is 1. The van der Waals surface area contributed by atoms with E-state index in [1.54, 1.807) is 0 Å². The molecule has 29 heavy (non-hydrogen) atoms. The Labute approximate surface area is 169 Å².